The molecule has 1 rings (SSSR count). The van der Waals surface area contributed by atoms with Gasteiger partial charge in [0.15, 0.2) is 0 Å². The number of aliphatic hydroxyl groups is 1. The molecule has 1 amide bonds. The second-order valence-electron chi connectivity index (χ2n) is 7.51. The van der Waals surface area contributed by atoms with Crippen LogP contribution in [0.5, 0.6) is 0 Å². The third-order valence-corrected chi connectivity index (χ3v) is 4.05. The minimum atomic E-state index is -0.607. The van der Waals surface area contributed by atoms with E-state index in [2.05, 4.69) is 17.1 Å². The Morgan fingerprint density at radius 2 is 1.90 bits per heavy atom. The molecule has 0 aromatic heterocycles. The number of carbonyl (C=O) groups excluding carboxylic acids is 1. The number of likely N-dealkylation sites (N-methyl/N-ethyl adjacent to an activating group) is 1. The molecule has 0 heterocycles. The van der Waals surface area contributed by atoms with Gasteiger partial charge < -0.3 is 10.4 Å². The van der Waals surface area contributed by atoms with Crippen molar-refractivity contribution >= 4 is 5.91 Å². The summed E-state index contributed by atoms with van der Waals surface area (Å²) in [6, 6.07) is 0. The van der Waals surface area contributed by atoms with Crippen molar-refractivity contribution in [3.63, 3.8) is 0 Å². The van der Waals surface area contributed by atoms with E-state index in [0.29, 0.717) is 13.1 Å². The van der Waals surface area contributed by atoms with Gasteiger partial charge in [-0.25, -0.2) is 0 Å². The van der Waals surface area contributed by atoms with Crippen molar-refractivity contribution in [2.24, 2.45) is 5.92 Å². The number of nitrogens with one attached hydrogen (secondary N) is 1. The molecule has 0 radical (unpaired) electrons. The molecule has 2 N–H and O–H groups in total. The molecule has 1 aliphatic carbocycles. The summed E-state index contributed by atoms with van der Waals surface area (Å²) in [5, 5.41) is 13.6. The molecule has 0 unspecified atom stereocenters. The van der Waals surface area contributed by atoms with Crippen molar-refractivity contribution in [1.82, 2.24) is 10.2 Å². The molecule has 0 aliphatic heterocycles. The highest BCUT2D eigenvalue weighted by molar-refractivity contribution is 5.78. The molecular formula is C16H32N2O2. The summed E-state index contributed by atoms with van der Waals surface area (Å²) < 4.78 is 0. The topological polar surface area (TPSA) is 52.6 Å². The van der Waals surface area contributed by atoms with E-state index < -0.39 is 5.60 Å². The fourth-order valence-electron chi connectivity index (χ4n) is 2.81. The molecule has 1 aliphatic rings. The number of amides is 1. The number of carbonyl (C=O) groups is 1. The number of hydrogen-bond acceptors (Lipinski definition) is 3. The molecule has 0 atom stereocenters. The lowest BCUT2D eigenvalue weighted by Crippen LogP contribution is -2.50. The monoisotopic (exact) mass is 284 g/mol. The molecular weight excluding hydrogens is 252 g/mol. The molecule has 0 bridgehead atoms. The average Bonchev–Trinajstić information content (AvgIpc) is 2.30. The van der Waals surface area contributed by atoms with E-state index in [9.17, 15) is 9.90 Å². The summed E-state index contributed by atoms with van der Waals surface area (Å²) in [5.74, 6) is 0.752. The molecule has 4 heteroatoms. The average molecular weight is 284 g/mol. The van der Waals surface area contributed by atoms with Gasteiger partial charge in [-0.05, 0) is 58.9 Å². The largest absolute Gasteiger partial charge is 0.389 e. The summed E-state index contributed by atoms with van der Waals surface area (Å²) in [6.07, 6.45) is 3.88. The van der Waals surface area contributed by atoms with Gasteiger partial charge in [0.2, 0.25) is 5.91 Å². The third kappa shape index (κ3) is 6.23. The molecule has 1 saturated carbocycles. The molecule has 0 spiro atoms. The van der Waals surface area contributed by atoms with E-state index in [1.165, 1.54) is 0 Å². The Kier molecular flexibility index (Phi) is 6.02. The maximum atomic E-state index is 12.0. The van der Waals surface area contributed by atoms with Gasteiger partial charge in [-0.3, -0.25) is 9.69 Å². The summed E-state index contributed by atoms with van der Waals surface area (Å²) in [5.41, 5.74) is -0.807. The maximum absolute atomic E-state index is 12.0. The zero-order chi connectivity index (χ0) is 15.4. The highest BCUT2D eigenvalue weighted by Gasteiger charge is 2.33. The molecule has 0 aromatic carbocycles. The van der Waals surface area contributed by atoms with Gasteiger partial charge in [0.05, 0.1) is 12.1 Å². The maximum Gasteiger partial charge on any atom is 0.234 e. The van der Waals surface area contributed by atoms with E-state index >= 15 is 0 Å². The Bertz CT molecular complexity index is 315. The lowest BCUT2D eigenvalue weighted by atomic mass is 9.79. The van der Waals surface area contributed by atoms with Crippen LogP contribution in [0.3, 0.4) is 0 Å². The van der Waals surface area contributed by atoms with Gasteiger partial charge >= 0.3 is 0 Å². The number of nitrogens with zero attached hydrogens (tertiary/aromatic N) is 1. The van der Waals surface area contributed by atoms with Crippen LogP contribution in [0, 0.1) is 5.92 Å². The zero-order valence-electron chi connectivity index (χ0n) is 13.8. The fraction of sp³-hybridized carbons (Fsp3) is 0.938. The van der Waals surface area contributed by atoms with Crippen molar-refractivity contribution in [1.29, 1.82) is 0 Å². The first-order valence-corrected chi connectivity index (χ1v) is 7.89. The van der Waals surface area contributed by atoms with Gasteiger partial charge in [0, 0.05) is 12.1 Å². The second kappa shape index (κ2) is 6.90. The first-order valence-electron chi connectivity index (χ1n) is 7.89. The lowest BCUT2D eigenvalue weighted by molar-refractivity contribution is -0.124. The van der Waals surface area contributed by atoms with Crippen LogP contribution in [-0.2, 0) is 4.79 Å². The summed E-state index contributed by atoms with van der Waals surface area (Å²) in [7, 11) is 0. The summed E-state index contributed by atoms with van der Waals surface area (Å²) >= 11 is 0. The van der Waals surface area contributed by atoms with E-state index in [4.69, 9.17) is 0 Å². The van der Waals surface area contributed by atoms with Crippen LogP contribution in [0.2, 0.25) is 0 Å². The Hall–Kier alpha value is -0.610. The van der Waals surface area contributed by atoms with Crippen LogP contribution in [-0.4, -0.2) is 46.7 Å². The Labute approximate surface area is 123 Å². The van der Waals surface area contributed by atoms with Gasteiger partial charge in [-0.15, -0.1) is 0 Å². The van der Waals surface area contributed by atoms with Crippen LogP contribution in [0.15, 0.2) is 0 Å². The lowest BCUT2D eigenvalue weighted by Gasteiger charge is -2.38. The summed E-state index contributed by atoms with van der Waals surface area (Å²) in [6.45, 7) is 12.0. The molecule has 4 nitrogen and oxygen atoms in total. The van der Waals surface area contributed by atoms with Crippen LogP contribution < -0.4 is 5.32 Å². The molecule has 1 fully saturated rings. The highest BCUT2D eigenvalue weighted by Crippen LogP contribution is 2.32. The van der Waals surface area contributed by atoms with Crippen LogP contribution in [0.4, 0.5) is 0 Å². The van der Waals surface area contributed by atoms with Crippen molar-refractivity contribution in [2.75, 3.05) is 19.6 Å². The first-order chi connectivity index (χ1) is 9.13. The second-order valence-corrected chi connectivity index (χ2v) is 7.51. The standard InChI is InChI=1S/C16H32N2O2/c1-6-18(11-14(19)17-15(3,4)5)12-16(20)9-7-13(2)8-10-16/h13,20H,6-12H2,1-5H3,(H,17,19). The smallest absolute Gasteiger partial charge is 0.234 e. The SMILES string of the molecule is CCN(CC(=O)NC(C)(C)C)CC1(O)CCC(C)CC1. The van der Waals surface area contributed by atoms with Gasteiger partial charge in [-0.1, -0.05) is 13.8 Å². The summed E-state index contributed by atoms with van der Waals surface area (Å²) in [4.78, 5) is 14.0. The van der Waals surface area contributed by atoms with Crippen LogP contribution >= 0.6 is 0 Å². The predicted octanol–water partition coefficient (Wildman–Crippen LogP) is 2.16. The fourth-order valence-corrected chi connectivity index (χ4v) is 2.81. The van der Waals surface area contributed by atoms with E-state index in [1.54, 1.807) is 0 Å². The van der Waals surface area contributed by atoms with E-state index in [0.717, 1.165) is 38.1 Å². The van der Waals surface area contributed by atoms with Gasteiger partial charge in [0.1, 0.15) is 0 Å². The quantitative estimate of drug-likeness (QED) is 0.813. The van der Waals surface area contributed by atoms with Gasteiger partial charge in [0.25, 0.3) is 0 Å². The Morgan fingerprint density at radius 3 is 2.35 bits per heavy atom. The predicted molar refractivity (Wildman–Crippen MR) is 82.6 cm³/mol. The first kappa shape index (κ1) is 17.4. The zero-order valence-corrected chi connectivity index (χ0v) is 13.8. The number of hydrogen-bond donors (Lipinski definition) is 2. The normalized spacial score (nSPS) is 27.6. The van der Waals surface area contributed by atoms with E-state index in [-0.39, 0.29) is 11.4 Å². The Balaban J connectivity index is 2.48. The van der Waals surface area contributed by atoms with Crippen molar-refractivity contribution < 1.29 is 9.90 Å². The van der Waals surface area contributed by atoms with Crippen molar-refractivity contribution in [3.05, 3.63) is 0 Å². The van der Waals surface area contributed by atoms with Gasteiger partial charge in [-0.2, -0.15) is 0 Å². The number of rotatable bonds is 5. The van der Waals surface area contributed by atoms with Crippen molar-refractivity contribution in [2.45, 2.75) is 71.4 Å². The highest BCUT2D eigenvalue weighted by atomic mass is 16.3. The van der Waals surface area contributed by atoms with E-state index in [1.807, 2.05) is 27.7 Å². The molecule has 0 saturated heterocycles. The Morgan fingerprint density at radius 1 is 1.35 bits per heavy atom. The third-order valence-electron chi connectivity index (χ3n) is 4.05. The minimum Gasteiger partial charge on any atom is -0.389 e. The van der Waals surface area contributed by atoms with Crippen molar-refractivity contribution in [3.8, 4) is 0 Å². The molecule has 20 heavy (non-hydrogen) atoms. The van der Waals surface area contributed by atoms with Crippen LogP contribution in [0.1, 0.15) is 60.3 Å². The van der Waals surface area contributed by atoms with Crippen LogP contribution in [0.25, 0.3) is 0 Å². The molecule has 0 aromatic rings. The minimum absolute atomic E-state index is 0.0344. The molecule has 118 valence electrons.